The zero-order valence-corrected chi connectivity index (χ0v) is 18.6. The molecule has 1 aromatic heterocycles. The molecule has 0 bridgehead atoms. The lowest BCUT2D eigenvalue weighted by Crippen LogP contribution is -2.26. The van der Waals surface area contributed by atoms with Gasteiger partial charge in [0.15, 0.2) is 0 Å². The van der Waals surface area contributed by atoms with Crippen LogP contribution >= 0.6 is 0 Å². The second kappa shape index (κ2) is 10.1. The molecule has 1 atom stereocenters. The van der Waals surface area contributed by atoms with Crippen LogP contribution in [0.4, 0.5) is 5.82 Å². The van der Waals surface area contributed by atoms with Gasteiger partial charge in [-0.1, -0.05) is 20.8 Å². The monoisotopic (exact) mass is 397 g/mol. The lowest BCUT2D eigenvalue weighted by atomic mass is 9.89. The zero-order chi connectivity index (χ0) is 20.8. The third-order valence-corrected chi connectivity index (χ3v) is 5.83. The fourth-order valence-corrected chi connectivity index (χ4v) is 4.10. The Balaban J connectivity index is 2.08. The Bertz CT molecular complexity index is 835. The quantitative estimate of drug-likeness (QED) is 0.646. The average molecular weight is 398 g/mol. The Kier molecular flexibility index (Phi) is 7.48. The Labute approximate surface area is 175 Å². The number of rotatable bonds is 9. The molecular weight excluding hydrogens is 362 g/mol. The molecule has 29 heavy (non-hydrogen) atoms. The summed E-state index contributed by atoms with van der Waals surface area (Å²) in [6.45, 7) is 7.08. The number of methoxy groups -OCH3 is 2. The third kappa shape index (κ3) is 4.72. The van der Waals surface area contributed by atoms with Crippen LogP contribution in [-0.4, -0.2) is 36.8 Å². The molecular formula is C24H35N3O2. The van der Waals surface area contributed by atoms with Crippen molar-refractivity contribution in [2.75, 3.05) is 26.1 Å². The molecule has 1 aliphatic rings. The predicted octanol–water partition coefficient (Wildman–Crippen LogP) is 4.99. The minimum atomic E-state index is 0.230. The highest BCUT2D eigenvalue weighted by Crippen LogP contribution is 2.37. The van der Waals surface area contributed by atoms with E-state index in [0.29, 0.717) is 6.61 Å². The van der Waals surface area contributed by atoms with Gasteiger partial charge in [0, 0.05) is 12.7 Å². The Hall–Kier alpha value is -2.14. The number of fused-ring (bicyclic) bond motifs is 1. The summed E-state index contributed by atoms with van der Waals surface area (Å²) in [7, 11) is 3.49. The summed E-state index contributed by atoms with van der Waals surface area (Å²) in [5.41, 5.74) is 6.88. The van der Waals surface area contributed by atoms with Gasteiger partial charge >= 0.3 is 0 Å². The van der Waals surface area contributed by atoms with Crippen molar-refractivity contribution >= 4 is 5.82 Å². The van der Waals surface area contributed by atoms with Crippen molar-refractivity contribution in [1.82, 2.24) is 9.97 Å². The van der Waals surface area contributed by atoms with Crippen LogP contribution in [0.5, 0.6) is 5.75 Å². The molecule has 0 fully saturated rings. The van der Waals surface area contributed by atoms with E-state index in [9.17, 15) is 0 Å². The standard InChI is InChI=1S/C24H35N3O2/c1-6-18(15-28-4)25-24-21(8-3)26-23(20(7-2)27-24)19-13-16-11-9-10-12-17(16)14-22(19)29-5/h13-14,18H,6-12,15H2,1-5H3,(H,25,27)/t18-/m0/s1. The molecule has 0 saturated carbocycles. The first-order valence-corrected chi connectivity index (χ1v) is 11.0. The molecule has 3 rings (SSSR count). The summed E-state index contributed by atoms with van der Waals surface area (Å²) in [5.74, 6) is 1.79. The topological polar surface area (TPSA) is 56.3 Å². The highest BCUT2D eigenvalue weighted by Gasteiger charge is 2.21. The summed E-state index contributed by atoms with van der Waals surface area (Å²) in [4.78, 5) is 10.1. The van der Waals surface area contributed by atoms with Gasteiger partial charge in [0.25, 0.3) is 0 Å². The van der Waals surface area contributed by atoms with E-state index in [1.165, 1.54) is 24.0 Å². The molecule has 0 unspecified atom stereocenters. The molecule has 5 heteroatoms. The highest BCUT2D eigenvalue weighted by atomic mass is 16.5. The second-order valence-corrected chi connectivity index (χ2v) is 7.75. The van der Waals surface area contributed by atoms with Gasteiger partial charge in [0.1, 0.15) is 11.6 Å². The summed E-state index contributed by atoms with van der Waals surface area (Å²) >= 11 is 0. The first-order valence-electron chi connectivity index (χ1n) is 11.0. The lowest BCUT2D eigenvalue weighted by molar-refractivity contribution is 0.184. The van der Waals surface area contributed by atoms with Gasteiger partial charge in [0.05, 0.1) is 36.8 Å². The van der Waals surface area contributed by atoms with Crippen molar-refractivity contribution < 1.29 is 9.47 Å². The van der Waals surface area contributed by atoms with Crippen LogP contribution in [0.15, 0.2) is 12.1 Å². The van der Waals surface area contributed by atoms with Gasteiger partial charge in [-0.3, -0.25) is 0 Å². The molecule has 0 spiro atoms. The lowest BCUT2D eigenvalue weighted by Gasteiger charge is -2.22. The first kappa shape index (κ1) is 21.6. The van der Waals surface area contributed by atoms with E-state index in [2.05, 4.69) is 38.2 Å². The van der Waals surface area contributed by atoms with E-state index in [1.807, 2.05) is 0 Å². The minimum Gasteiger partial charge on any atom is -0.496 e. The predicted molar refractivity (Wildman–Crippen MR) is 119 cm³/mol. The number of aromatic nitrogens is 2. The molecule has 158 valence electrons. The van der Waals surface area contributed by atoms with Crippen LogP contribution in [-0.2, 0) is 30.4 Å². The molecule has 1 aliphatic carbocycles. The average Bonchev–Trinajstić information content (AvgIpc) is 2.77. The van der Waals surface area contributed by atoms with E-state index >= 15 is 0 Å². The van der Waals surface area contributed by atoms with Gasteiger partial charge in [-0.25, -0.2) is 9.97 Å². The number of aryl methyl sites for hydroxylation is 4. The van der Waals surface area contributed by atoms with Crippen LogP contribution in [0.1, 0.15) is 62.5 Å². The van der Waals surface area contributed by atoms with Crippen LogP contribution < -0.4 is 10.1 Å². The van der Waals surface area contributed by atoms with Gasteiger partial charge in [-0.2, -0.15) is 0 Å². The summed E-state index contributed by atoms with van der Waals surface area (Å²) in [6.07, 6.45) is 7.41. The normalized spacial score (nSPS) is 14.4. The maximum absolute atomic E-state index is 5.78. The molecule has 0 saturated heterocycles. The van der Waals surface area contributed by atoms with Gasteiger partial charge in [-0.15, -0.1) is 0 Å². The van der Waals surface area contributed by atoms with Crippen molar-refractivity contribution in [3.8, 4) is 17.0 Å². The van der Waals surface area contributed by atoms with Gasteiger partial charge in [-0.05, 0) is 68.2 Å². The number of nitrogens with zero attached hydrogens (tertiary/aromatic N) is 2. The van der Waals surface area contributed by atoms with Crippen LogP contribution in [0.2, 0.25) is 0 Å². The smallest absolute Gasteiger partial charge is 0.148 e. The van der Waals surface area contributed by atoms with E-state index in [1.54, 1.807) is 14.2 Å². The molecule has 2 aromatic rings. The molecule has 0 aliphatic heterocycles. The molecule has 1 aromatic carbocycles. The molecule has 1 N–H and O–H groups in total. The fraction of sp³-hybridized carbons (Fsp3) is 0.583. The maximum Gasteiger partial charge on any atom is 0.148 e. The zero-order valence-electron chi connectivity index (χ0n) is 18.6. The van der Waals surface area contributed by atoms with E-state index in [0.717, 1.165) is 66.3 Å². The summed E-state index contributed by atoms with van der Waals surface area (Å²) in [6, 6.07) is 4.74. The Morgan fingerprint density at radius 3 is 2.24 bits per heavy atom. The number of hydrogen-bond donors (Lipinski definition) is 1. The number of anilines is 1. The van der Waals surface area contributed by atoms with Crippen molar-refractivity contribution in [2.24, 2.45) is 0 Å². The number of nitrogens with one attached hydrogen (secondary N) is 1. The Morgan fingerprint density at radius 1 is 0.966 bits per heavy atom. The molecule has 1 heterocycles. The highest BCUT2D eigenvalue weighted by molar-refractivity contribution is 5.72. The van der Waals surface area contributed by atoms with Gasteiger partial charge < -0.3 is 14.8 Å². The van der Waals surface area contributed by atoms with Crippen LogP contribution in [0, 0.1) is 0 Å². The maximum atomic E-state index is 5.78. The summed E-state index contributed by atoms with van der Waals surface area (Å²) in [5, 5.41) is 3.55. The number of benzene rings is 1. The largest absolute Gasteiger partial charge is 0.496 e. The second-order valence-electron chi connectivity index (χ2n) is 7.75. The SMILES string of the molecule is CCc1nc(-c2cc3c(cc2OC)CCCC3)c(CC)nc1N[C@@H](CC)COC. The third-order valence-electron chi connectivity index (χ3n) is 5.83. The van der Waals surface area contributed by atoms with E-state index in [-0.39, 0.29) is 6.04 Å². The molecule has 0 radical (unpaired) electrons. The van der Waals surface area contributed by atoms with Crippen LogP contribution in [0.25, 0.3) is 11.3 Å². The van der Waals surface area contributed by atoms with E-state index < -0.39 is 0 Å². The van der Waals surface area contributed by atoms with Crippen molar-refractivity contribution in [1.29, 1.82) is 0 Å². The number of ether oxygens (including phenoxy) is 2. The molecule has 5 nitrogen and oxygen atoms in total. The first-order chi connectivity index (χ1) is 14.1. The summed E-state index contributed by atoms with van der Waals surface area (Å²) < 4.78 is 11.1. The van der Waals surface area contributed by atoms with Crippen molar-refractivity contribution in [3.05, 3.63) is 34.6 Å². The fourth-order valence-electron chi connectivity index (χ4n) is 4.10. The minimum absolute atomic E-state index is 0.230. The van der Waals surface area contributed by atoms with Crippen LogP contribution in [0.3, 0.4) is 0 Å². The Morgan fingerprint density at radius 2 is 1.66 bits per heavy atom. The number of hydrogen-bond acceptors (Lipinski definition) is 5. The molecule has 0 amide bonds. The van der Waals surface area contributed by atoms with E-state index in [4.69, 9.17) is 19.4 Å². The van der Waals surface area contributed by atoms with Crippen molar-refractivity contribution in [2.45, 2.75) is 71.8 Å². The van der Waals surface area contributed by atoms with Gasteiger partial charge in [0.2, 0.25) is 0 Å². The van der Waals surface area contributed by atoms with Crippen molar-refractivity contribution in [3.63, 3.8) is 0 Å².